The number of amides is 1. The highest BCUT2D eigenvalue weighted by atomic mass is 32.1. The fourth-order valence-electron chi connectivity index (χ4n) is 2.25. The van der Waals surface area contributed by atoms with Gasteiger partial charge in [-0.2, -0.15) is 0 Å². The van der Waals surface area contributed by atoms with E-state index in [0.29, 0.717) is 11.7 Å². The Bertz CT molecular complexity index is 882. The third kappa shape index (κ3) is 4.00. The molecule has 0 unspecified atom stereocenters. The number of hydrogen-bond donors (Lipinski definition) is 1. The molecule has 1 N–H and O–H groups in total. The number of anilines is 1. The van der Waals surface area contributed by atoms with Gasteiger partial charge in [-0.25, -0.2) is 4.98 Å². The number of thiazole rings is 1. The third-order valence-electron chi connectivity index (χ3n) is 3.39. The molecule has 24 heavy (non-hydrogen) atoms. The minimum atomic E-state index is -0.195. The number of rotatable bonds is 5. The Morgan fingerprint density at radius 1 is 1.25 bits per heavy atom. The van der Waals surface area contributed by atoms with Crippen LogP contribution < -0.4 is 10.1 Å². The predicted octanol–water partition coefficient (Wildman–Crippen LogP) is 4.66. The van der Waals surface area contributed by atoms with Gasteiger partial charge in [0.15, 0.2) is 5.13 Å². The van der Waals surface area contributed by atoms with Gasteiger partial charge in [-0.1, -0.05) is 29.5 Å². The van der Waals surface area contributed by atoms with E-state index in [1.54, 1.807) is 6.08 Å². The van der Waals surface area contributed by atoms with Crippen molar-refractivity contribution in [2.24, 2.45) is 0 Å². The second-order valence-electron chi connectivity index (χ2n) is 5.31. The summed E-state index contributed by atoms with van der Waals surface area (Å²) >= 11 is 1.48. The molecular weight excluding hydrogens is 320 g/mol. The highest BCUT2D eigenvalue weighted by Crippen LogP contribution is 2.26. The molecule has 0 atom stereocenters. The molecule has 0 aliphatic heterocycles. The maximum absolute atomic E-state index is 12.0. The van der Waals surface area contributed by atoms with Crippen LogP contribution in [0.4, 0.5) is 5.13 Å². The van der Waals surface area contributed by atoms with Gasteiger partial charge in [-0.3, -0.25) is 10.1 Å². The second kappa shape index (κ2) is 7.27. The summed E-state index contributed by atoms with van der Waals surface area (Å²) in [5.41, 5.74) is 3.02. The van der Waals surface area contributed by atoms with Crippen LogP contribution in [0.25, 0.3) is 16.3 Å². The molecule has 1 heterocycles. The fourth-order valence-corrected chi connectivity index (χ4v) is 3.21. The molecule has 4 nitrogen and oxygen atoms in total. The Balaban J connectivity index is 1.65. The van der Waals surface area contributed by atoms with Gasteiger partial charge >= 0.3 is 0 Å². The van der Waals surface area contributed by atoms with Crippen molar-refractivity contribution in [3.05, 3.63) is 59.7 Å². The van der Waals surface area contributed by atoms with Crippen LogP contribution in [0.5, 0.6) is 5.75 Å². The second-order valence-corrected chi connectivity index (χ2v) is 6.35. The molecule has 0 spiro atoms. The lowest BCUT2D eigenvalue weighted by molar-refractivity contribution is -0.111. The zero-order chi connectivity index (χ0) is 16.9. The van der Waals surface area contributed by atoms with E-state index in [2.05, 4.69) is 16.4 Å². The summed E-state index contributed by atoms with van der Waals surface area (Å²) in [6.45, 7) is 4.62. The number of carbonyl (C=O) groups excluding carboxylic acids is 1. The van der Waals surface area contributed by atoms with Gasteiger partial charge in [-0.05, 0) is 55.3 Å². The monoisotopic (exact) mass is 338 g/mol. The quantitative estimate of drug-likeness (QED) is 0.689. The molecule has 2 aromatic carbocycles. The van der Waals surface area contributed by atoms with Gasteiger partial charge < -0.3 is 4.74 Å². The topological polar surface area (TPSA) is 51.2 Å². The fraction of sp³-hybridized carbons (Fsp3) is 0.158. The molecule has 122 valence electrons. The van der Waals surface area contributed by atoms with Crippen molar-refractivity contribution in [1.29, 1.82) is 0 Å². The first-order valence-electron chi connectivity index (χ1n) is 7.73. The van der Waals surface area contributed by atoms with Crippen LogP contribution in [0, 0.1) is 6.92 Å². The van der Waals surface area contributed by atoms with Crippen LogP contribution in [0.1, 0.15) is 18.1 Å². The third-order valence-corrected chi connectivity index (χ3v) is 4.33. The van der Waals surface area contributed by atoms with Crippen molar-refractivity contribution < 1.29 is 9.53 Å². The van der Waals surface area contributed by atoms with E-state index in [1.807, 2.05) is 50.2 Å². The number of carbonyl (C=O) groups is 1. The first-order valence-corrected chi connectivity index (χ1v) is 8.55. The number of nitrogens with zero attached hydrogens (tertiary/aromatic N) is 1. The molecule has 0 saturated heterocycles. The summed E-state index contributed by atoms with van der Waals surface area (Å²) in [4.78, 5) is 16.5. The number of ether oxygens (including phenoxy) is 1. The Labute approximate surface area is 144 Å². The van der Waals surface area contributed by atoms with Gasteiger partial charge in [0, 0.05) is 6.08 Å². The van der Waals surface area contributed by atoms with E-state index in [4.69, 9.17) is 4.74 Å². The Hall–Kier alpha value is -2.66. The zero-order valence-corrected chi connectivity index (χ0v) is 14.4. The summed E-state index contributed by atoms with van der Waals surface area (Å²) in [6, 6.07) is 13.6. The van der Waals surface area contributed by atoms with Crippen LogP contribution >= 0.6 is 11.3 Å². The molecule has 5 heteroatoms. The summed E-state index contributed by atoms with van der Waals surface area (Å²) in [7, 11) is 0. The first kappa shape index (κ1) is 16.2. The Kier molecular flexibility index (Phi) is 4.91. The van der Waals surface area contributed by atoms with Crippen LogP contribution in [0.2, 0.25) is 0 Å². The molecule has 0 aliphatic rings. The van der Waals surface area contributed by atoms with Crippen molar-refractivity contribution in [2.75, 3.05) is 11.9 Å². The number of fused-ring (bicyclic) bond motifs is 1. The zero-order valence-electron chi connectivity index (χ0n) is 13.6. The molecule has 0 aliphatic carbocycles. The lowest BCUT2D eigenvalue weighted by atomic mass is 10.2. The Morgan fingerprint density at radius 3 is 2.79 bits per heavy atom. The smallest absolute Gasteiger partial charge is 0.250 e. The van der Waals surface area contributed by atoms with Gasteiger partial charge in [0.25, 0.3) is 0 Å². The van der Waals surface area contributed by atoms with Crippen molar-refractivity contribution >= 4 is 38.7 Å². The predicted molar refractivity (Wildman–Crippen MR) is 99.6 cm³/mol. The van der Waals surface area contributed by atoms with Crippen LogP contribution in [-0.4, -0.2) is 17.5 Å². The van der Waals surface area contributed by atoms with Gasteiger partial charge in [0.2, 0.25) is 5.91 Å². The molecule has 0 bridgehead atoms. The lowest BCUT2D eigenvalue weighted by Gasteiger charge is -2.02. The summed E-state index contributed by atoms with van der Waals surface area (Å²) < 4.78 is 6.46. The lowest BCUT2D eigenvalue weighted by Crippen LogP contribution is -2.07. The standard InChI is InChI=1S/C19H18N2O2S/c1-3-23-15-8-5-14(6-9-15)7-11-18(22)21-19-20-16-10-4-13(2)12-17(16)24-19/h4-12H,3H2,1-2H3,(H,20,21,22). The number of aromatic nitrogens is 1. The minimum absolute atomic E-state index is 0.195. The molecule has 0 radical (unpaired) electrons. The number of aryl methyl sites for hydroxylation is 1. The number of hydrogen-bond acceptors (Lipinski definition) is 4. The van der Waals surface area contributed by atoms with Crippen molar-refractivity contribution in [3.8, 4) is 5.75 Å². The average molecular weight is 338 g/mol. The number of nitrogens with one attached hydrogen (secondary N) is 1. The van der Waals surface area contributed by atoms with E-state index in [0.717, 1.165) is 21.5 Å². The molecule has 1 amide bonds. The largest absolute Gasteiger partial charge is 0.494 e. The maximum Gasteiger partial charge on any atom is 0.250 e. The van der Waals surface area contributed by atoms with Crippen molar-refractivity contribution in [3.63, 3.8) is 0 Å². The van der Waals surface area contributed by atoms with Crippen LogP contribution in [0.15, 0.2) is 48.5 Å². The van der Waals surface area contributed by atoms with Crippen LogP contribution in [-0.2, 0) is 4.79 Å². The maximum atomic E-state index is 12.0. The number of benzene rings is 2. The van der Waals surface area contributed by atoms with Gasteiger partial charge in [-0.15, -0.1) is 0 Å². The summed E-state index contributed by atoms with van der Waals surface area (Å²) in [5, 5.41) is 3.42. The van der Waals surface area contributed by atoms with Crippen LogP contribution in [0.3, 0.4) is 0 Å². The minimum Gasteiger partial charge on any atom is -0.494 e. The highest BCUT2D eigenvalue weighted by Gasteiger charge is 2.06. The molecule has 0 fully saturated rings. The van der Waals surface area contributed by atoms with E-state index in [9.17, 15) is 4.79 Å². The van der Waals surface area contributed by atoms with Crippen molar-refractivity contribution in [1.82, 2.24) is 4.98 Å². The molecule has 3 aromatic rings. The normalized spacial score (nSPS) is 11.1. The van der Waals surface area contributed by atoms with Gasteiger partial charge in [0.1, 0.15) is 5.75 Å². The molecule has 0 saturated carbocycles. The van der Waals surface area contributed by atoms with Crippen molar-refractivity contribution in [2.45, 2.75) is 13.8 Å². The average Bonchev–Trinajstić information content (AvgIpc) is 2.95. The molecule has 1 aromatic heterocycles. The van der Waals surface area contributed by atoms with E-state index < -0.39 is 0 Å². The SMILES string of the molecule is CCOc1ccc(C=CC(=O)Nc2nc3ccc(C)cc3s2)cc1. The van der Waals surface area contributed by atoms with E-state index >= 15 is 0 Å². The molecular formula is C19H18N2O2S. The highest BCUT2D eigenvalue weighted by molar-refractivity contribution is 7.22. The first-order chi connectivity index (χ1) is 11.6. The van der Waals surface area contributed by atoms with Gasteiger partial charge in [0.05, 0.1) is 16.8 Å². The Morgan fingerprint density at radius 2 is 2.04 bits per heavy atom. The summed E-state index contributed by atoms with van der Waals surface area (Å²) in [5.74, 6) is 0.628. The van der Waals surface area contributed by atoms with E-state index in [-0.39, 0.29) is 5.91 Å². The molecule has 3 rings (SSSR count). The summed E-state index contributed by atoms with van der Waals surface area (Å²) in [6.07, 6.45) is 3.27. The van der Waals surface area contributed by atoms with E-state index in [1.165, 1.54) is 23.0 Å².